The van der Waals surface area contributed by atoms with Gasteiger partial charge in [0.1, 0.15) is 4.60 Å². The summed E-state index contributed by atoms with van der Waals surface area (Å²) in [7, 11) is 0. The zero-order valence-electron chi connectivity index (χ0n) is 9.32. The van der Waals surface area contributed by atoms with E-state index in [1.54, 1.807) is 0 Å². The smallest absolute Gasteiger partial charge is 0.152 e. The van der Waals surface area contributed by atoms with Gasteiger partial charge in [-0.25, -0.2) is 9.99 Å². The van der Waals surface area contributed by atoms with E-state index in [0.29, 0.717) is 6.61 Å². The van der Waals surface area contributed by atoms with Gasteiger partial charge in [0, 0.05) is 12.7 Å². The molecular weight excluding hydrogens is 270 g/mol. The quantitative estimate of drug-likeness (QED) is 0.684. The normalized spacial score (nSPS) is 21.3. The summed E-state index contributed by atoms with van der Waals surface area (Å²) in [4.78, 5) is 4.29. The first kappa shape index (κ1) is 11.8. The molecule has 1 aromatic rings. The summed E-state index contributed by atoms with van der Waals surface area (Å²) in [6.45, 7) is 3.55. The Morgan fingerprint density at radius 3 is 3.12 bits per heavy atom. The number of hydrogen-bond donors (Lipinski definition) is 1. The van der Waals surface area contributed by atoms with Crippen LogP contribution in [-0.2, 0) is 0 Å². The van der Waals surface area contributed by atoms with Crippen molar-refractivity contribution in [1.82, 2.24) is 9.99 Å². The molecule has 4 nitrogen and oxygen atoms in total. The van der Waals surface area contributed by atoms with Gasteiger partial charge in [-0.1, -0.05) is 0 Å². The van der Waals surface area contributed by atoms with Crippen molar-refractivity contribution in [2.24, 2.45) is 5.84 Å². The standard InChI is InChI=1S/C11H16BrN3O/c1-2-16-10-6-8(7-14-11(10)12)9-4-3-5-15(9)13/h6-7,9H,2-5,13H2,1H3/t9-/m1/s1. The number of halogens is 1. The molecule has 0 bridgehead atoms. The van der Waals surface area contributed by atoms with E-state index >= 15 is 0 Å². The molecule has 2 rings (SSSR count). The molecule has 0 radical (unpaired) electrons. The Morgan fingerprint density at radius 2 is 2.50 bits per heavy atom. The topological polar surface area (TPSA) is 51.4 Å². The van der Waals surface area contributed by atoms with Crippen molar-refractivity contribution in [1.29, 1.82) is 0 Å². The van der Waals surface area contributed by atoms with Gasteiger partial charge in [-0.15, -0.1) is 0 Å². The van der Waals surface area contributed by atoms with Gasteiger partial charge in [0.05, 0.1) is 12.6 Å². The highest BCUT2D eigenvalue weighted by atomic mass is 79.9. The van der Waals surface area contributed by atoms with Crippen LogP contribution >= 0.6 is 15.9 Å². The summed E-state index contributed by atoms with van der Waals surface area (Å²) in [6.07, 6.45) is 4.09. The van der Waals surface area contributed by atoms with Gasteiger partial charge in [-0.05, 0) is 47.3 Å². The van der Waals surface area contributed by atoms with Crippen molar-refractivity contribution < 1.29 is 4.74 Å². The minimum Gasteiger partial charge on any atom is -0.491 e. The van der Waals surface area contributed by atoms with Crippen LogP contribution in [0.15, 0.2) is 16.9 Å². The second kappa shape index (κ2) is 5.12. The summed E-state index contributed by atoms with van der Waals surface area (Å²) in [5, 5.41) is 1.88. The number of nitrogens with zero attached hydrogens (tertiary/aromatic N) is 2. The number of hydrogen-bond acceptors (Lipinski definition) is 4. The van der Waals surface area contributed by atoms with E-state index in [-0.39, 0.29) is 6.04 Å². The number of hydrazine groups is 1. The van der Waals surface area contributed by atoms with Crippen LogP contribution in [0.25, 0.3) is 0 Å². The van der Waals surface area contributed by atoms with E-state index in [4.69, 9.17) is 10.6 Å². The third kappa shape index (κ3) is 2.36. The lowest BCUT2D eigenvalue weighted by Crippen LogP contribution is -2.30. The van der Waals surface area contributed by atoms with Gasteiger partial charge in [0.15, 0.2) is 5.75 Å². The number of nitrogens with two attached hydrogens (primary N) is 1. The monoisotopic (exact) mass is 285 g/mol. The van der Waals surface area contributed by atoms with Crippen LogP contribution in [0, 0.1) is 0 Å². The summed E-state index contributed by atoms with van der Waals surface area (Å²) in [6, 6.07) is 2.30. The van der Waals surface area contributed by atoms with Crippen molar-refractivity contribution in [3.05, 3.63) is 22.4 Å². The predicted octanol–water partition coefficient (Wildman–Crippen LogP) is 2.25. The lowest BCUT2D eigenvalue weighted by molar-refractivity contribution is 0.264. The van der Waals surface area contributed by atoms with E-state index in [2.05, 4.69) is 20.9 Å². The van der Waals surface area contributed by atoms with Crippen molar-refractivity contribution >= 4 is 15.9 Å². The van der Waals surface area contributed by atoms with Crippen LogP contribution in [0.3, 0.4) is 0 Å². The molecular formula is C11H16BrN3O. The molecule has 2 N–H and O–H groups in total. The summed E-state index contributed by atoms with van der Waals surface area (Å²) in [5.41, 5.74) is 1.13. The SMILES string of the molecule is CCOc1cc([C@H]2CCCN2N)cnc1Br. The molecule has 2 heterocycles. The van der Waals surface area contributed by atoms with Crippen LogP contribution < -0.4 is 10.6 Å². The van der Waals surface area contributed by atoms with Crippen LogP contribution in [-0.4, -0.2) is 23.1 Å². The molecule has 1 aliphatic heterocycles. The maximum absolute atomic E-state index is 5.93. The zero-order valence-corrected chi connectivity index (χ0v) is 10.9. The van der Waals surface area contributed by atoms with E-state index in [0.717, 1.165) is 35.3 Å². The first-order chi connectivity index (χ1) is 7.72. The first-order valence-corrected chi connectivity index (χ1v) is 6.31. The number of pyridine rings is 1. The van der Waals surface area contributed by atoms with Crippen molar-refractivity contribution in [3.63, 3.8) is 0 Å². The number of rotatable bonds is 3. The molecule has 1 fully saturated rings. The second-order valence-electron chi connectivity index (χ2n) is 3.89. The third-order valence-electron chi connectivity index (χ3n) is 2.81. The van der Waals surface area contributed by atoms with Crippen LogP contribution in [0.5, 0.6) is 5.75 Å². The molecule has 1 aliphatic rings. The maximum atomic E-state index is 5.93. The third-order valence-corrected chi connectivity index (χ3v) is 3.40. The highest BCUT2D eigenvalue weighted by Crippen LogP contribution is 2.32. The second-order valence-corrected chi connectivity index (χ2v) is 4.64. The highest BCUT2D eigenvalue weighted by molar-refractivity contribution is 9.10. The fourth-order valence-electron chi connectivity index (χ4n) is 2.03. The van der Waals surface area contributed by atoms with Crippen LogP contribution in [0.4, 0.5) is 0 Å². The molecule has 0 aliphatic carbocycles. The molecule has 0 amide bonds. The molecule has 0 aromatic carbocycles. The van der Waals surface area contributed by atoms with Crippen molar-refractivity contribution in [3.8, 4) is 5.75 Å². The van der Waals surface area contributed by atoms with Crippen LogP contribution in [0.2, 0.25) is 0 Å². The molecule has 0 spiro atoms. The number of ether oxygens (including phenoxy) is 1. The Bertz CT molecular complexity index is 372. The Hall–Kier alpha value is -0.650. The largest absolute Gasteiger partial charge is 0.491 e. The summed E-state index contributed by atoms with van der Waals surface area (Å²) >= 11 is 3.37. The van der Waals surface area contributed by atoms with Gasteiger partial charge in [-0.3, -0.25) is 5.84 Å². The van der Waals surface area contributed by atoms with Gasteiger partial charge >= 0.3 is 0 Å². The molecule has 0 unspecified atom stereocenters. The molecule has 5 heteroatoms. The Labute approximate surface area is 104 Å². The average molecular weight is 286 g/mol. The predicted molar refractivity (Wildman–Crippen MR) is 66.0 cm³/mol. The van der Waals surface area contributed by atoms with Gasteiger partial charge in [0.2, 0.25) is 0 Å². The van der Waals surface area contributed by atoms with Gasteiger partial charge in [-0.2, -0.15) is 0 Å². The lowest BCUT2D eigenvalue weighted by Gasteiger charge is -2.19. The fraction of sp³-hybridized carbons (Fsp3) is 0.545. The molecule has 1 aromatic heterocycles. The van der Waals surface area contributed by atoms with E-state index in [1.807, 2.05) is 24.2 Å². The van der Waals surface area contributed by atoms with Crippen molar-refractivity contribution in [2.75, 3.05) is 13.2 Å². The number of aromatic nitrogens is 1. The highest BCUT2D eigenvalue weighted by Gasteiger charge is 2.24. The first-order valence-electron chi connectivity index (χ1n) is 5.52. The summed E-state index contributed by atoms with van der Waals surface area (Å²) < 4.78 is 6.25. The minimum atomic E-state index is 0.278. The van der Waals surface area contributed by atoms with Gasteiger partial charge in [0.25, 0.3) is 0 Å². The average Bonchev–Trinajstić information content (AvgIpc) is 2.68. The van der Waals surface area contributed by atoms with Gasteiger partial charge < -0.3 is 4.74 Å². The lowest BCUT2D eigenvalue weighted by atomic mass is 10.1. The van der Waals surface area contributed by atoms with Crippen LogP contribution in [0.1, 0.15) is 31.4 Å². The Morgan fingerprint density at radius 1 is 1.69 bits per heavy atom. The maximum Gasteiger partial charge on any atom is 0.152 e. The Balaban J connectivity index is 2.24. The molecule has 0 saturated carbocycles. The molecule has 1 saturated heterocycles. The van der Waals surface area contributed by atoms with E-state index in [9.17, 15) is 0 Å². The fourth-order valence-corrected chi connectivity index (χ4v) is 2.36. The molecule has 16 heavy (non-hydrogen) atoms. The van der Waals surface area contributed by atoms with E-state index in [1.165, 1.54) is 0 Å². The zero-order chi connectivity index (χ0) is 11.5. The molecule has 1 atom stereocenters. The molecule has 88 valence electrons. The minimum absolute atomic E-state index is 0.278. The van der Waals surface area contributed by atoms with E-state index < -0.39 is 0 Å². The summed E-state index contributed by atoms with van der Waals surface area (Å²) in [5.74, 6) is 6.72. The Kier molecular flexibility index (Phi) is 3.78. The van der Waals surface area contributed by atoms with Crippen molar-refractivity contribution in [2.45, 2.75) is 25.8 Å².